The molecule has 3 rings (SSSR count). The van der Waals surface area contributed by atoms with E-state index in [9.17, 15) is 13.2 Å². The Morgan fingerprint density at radius 1 is 0.933 bits per heavy atom. The van der Waals surface area contributed by atoms with Gasteiger partial charge in [-0.3, -0.25) is 9.10 Å². The lowest BCUT2D eigenvalue weighted by molar-refractivity contribution is -0.116. The normalized spacial score (nSPS) is 12.1. The average molecular weight is 445 g/mol. The Hall–Kier alpha value is -3.03. The lowest BCUT2D eigenvalue weighted by Gasteiger charge is -2.28. The predicted molar refractivity (Wildman–Crippen MR) is 120 cm³/mol. The third-order valence-corrected chi connectivity index (χ3v) is 5.86. The molecule has 0 aliphatic carbocycles. The zero-order valence-corrected chi connectivity index (χ0v) is 18.0. The van der Waals surface area contributed by atoms with Crippen molar-refractivity contribution in [2.45, 2.75) is 13.0 Å². The number of hydrogen-bond donors (Lipinski definition) is 1. The number of ether oxygens (including phenoxy) is 1. The lowest BCUT2D eigenvalue weighted by atomic mass is 10.2. The van der Waals surface area contributed by atoms with Gasteiger partial charge in [0.1, 0.15) is 17.5 Å². The zero-order valence-electron chi connectivity index (χ0n) is 16.4. The van der Waals surface area contributed by atoms with Gasteiger partial charge in [-0.1, -0.05) is 41.9 Å². The van der Waals surface area contributed by atoms with Crippen LogP contribution in [0.4, 0.5) is 11.4 Å². The Bertz CT molecular complexity index is 1120. The van der Waals surface area contributed by atoms with Crippen molar-refractivity contribution in [3.63, 3.8) is 0 Å². The van der Waals surface area contributed by atoms with Gasteiger partial charge in [0.15, 0.2) is 0 Å². The molecule has 0 aliphatic rings. The Kier molecular flexibility index (Phi) is 6.64. The van der Waals surface area contributed by atoms with E-state index in [0.29, 0.717) is 27.9 Å². The van der Waals surface area contributed by atoms with Crippen molar-refractivity contribution in [1.29, 1.82) is 0 Å². The van der Waals surface area contributed by atoms with Gasteiger partial charge in [0, 0.05) is 0 Å². The van der Waals surface area contributed by atoms with Crippen LogP contribution in [0.25, 0.3) is 0 Å². The van der Waals surface area contributed by atoms with Crippen LogP contribution in [-0.4, -0.2) is 26.6 Å². The molecule has 0 aromatic heterocycles. The summed E-state index contributed by atoms with van der Waals surface area (Å²) in [7, 11) is -3.74. The number of sulfonamides is 1. The molecule has 0 aliphatic heterocycles. The van der Waals surface area contributed by atoms with Crippen LogP contribution in [0.5, 0.6) is 11.5 Å². The van der Waals surface area contributed by atoms with Crippen LogP contribution < -0.4 is 14.4 Å². The summed E-state index contributed by atoms with van der Waals surface area (Å²) in [5, 5.41) is 3.04. The van der Waals surface area contributed by atoms with Gasteiger partial charge < -0.3 is 10.1 Å². The van der Waals surface area contributed by atoms with E-state index in [4.69, 9.17) is 16.3 Å². The standard InChI is InChI=1S/C22H21ClN2O4S/c1-16(22(26)24-21-11-7-6-10-20(21)23)25(30(2,27)28)17-12-14-19(15-13-17)29-18-8-4-3-5-9-18/h3-16H,1-2H3,(H,24,26)/t16-/m1/s1. The van der Waals surface area contributed by atoms with E-state index < -0.39 is 22.0 Å². The molecule has 0 unspecified atom stereocenters. The maximum Gasteiger partial charge on any atom is 0.248 e. The maximum absolute atomic E-state index is 12.7. The first-order valence-electron chi connectivity index (χ1n) is 9.13. The summed E-state index contributed by atoms with van der Waals surface area (Å²) in [4.78, 5) is 12.7. The third kappa shape index (κ3) is 5.31. The highest BCUT2D eigenvalue weighted by Crippen LogP contribution is 2.28. The van der Waals surface area contributed by atoms with Crippen LogP contribution >= 0.6 is 11.6 Å². The van der Waals surface area contributed by atoms with E-state index in [2.05, 4.69) is 5.32 Å². The molecule has 0 fully saturated rings. The number of para-hydroxylation sites is 2. The molecule has 0 radical (unpaired) electrons. The second kappa shape index (κ2) is 9.19. The molecule has 30 heavy (non-hydrogen) atoms. The van der Waals surface area contributed by atoms with Crippen LogP contribution in [0.3, 0.4) is 0 Å². The van der Waals surface area contributed by atoms with E-state index in [0.717, 1.165) is 10.6 Å². The lowest BCUT2D eigenvalue weighted by Crippen LogP contribution is -2.45. The van der Waals surface area contributed by atoms with Crippen molar-refractivity contribution in [3.8, 4) is 11.5 Å². The smallest absolute Gasteiger partial charge is 0.248 e. The topological polar surface area (TPSA) is 75.7 Å². The van der Waals surface area contributed by atoms with E-state index in [-0.39, 0.29) is 0 Å². The van der Waals surface area contributed by atoms with Crippen LogP contribution in [0, 0.1) is 0 Å². The average Bonchev–Trinajstić information content (AvgIpc) is 2.71. The highest BCUT2D eigenvalue weighted by molar-refractivity contribution is 7.92. The van der Waals surface area contributed by atoms with Gasteiger partial charge in [0.2, 0.25) is 15.9 Å². The number of amides is 1. The summed E-state index contributed by atoms with van der Waals surface area (Å²) in [6.45, 7) is 1.52. The second-order valence-corrected chi connectivity index (χ2v) is 8.88. The number of nitrogens with zero attached hydrogens (tertiary/aromatic N) is 1. The fourth-order valence-electron chi connectivity index (χ4n) is 2.89. The van der Waals surface area contributed by atoms with E-state index in [1.807, 2.05) is 30.3 Å². The number of hydrogen-bond acceptors (Lipinski definition) is 4. The fraction of sp³-hybridized carbons (Fsp3) is 0.136. The van der Waals surface area contributed by atoms with Gasteiger partial charge in [-0.2, -0.15) is 0 Å². The number of halogens is 1. The number of carbonyl (C=O) groups excluding carboxylic acids is 1. The van der Waals surface area contributed by atoms with Gasteiger partial charge >= 0.3 is 0 Å². The molecule has 8 heteroatoms. The first-order chi connectivity index (χ1) is 14.3. The van der Waals surface area contributed by atoms with E-state index in [1.165, 1.54) is 6.92 Å². The van der Waals surface area contributed by atoms with Crippen LogP contribution in [0.2, 0.25) is 5.02 Å². The van der Waals surface area contributed by atoms with E-state index >= 15 is 0 Å². The van der Waals surface area contributed by atoms with Crippen LogP contribution in [-0.2, 0) is 14.8 Å². The summed E-state index contributed by atoms with van der Waals surface area (Å²) in [6.07, 6.45) is 1.06. The van der Waals surface area contributed by atoms with Gasteiger partial charge in [0.05, 0.1) is 22.7 Å². The van der Waals surface area contributed by atoms with Crippen LogP contribution in [0.1, 0.15) is 6.92 Å². The molecule has 3 aromatic rings. The summed E-state index contributed by atoms with van der Waals surface area (Å²) < 4.78 is 31.7. The molecule has 0 heterocycles. The molecular weight excluding hydrogens is 424 g/mol. The Labute approximate surface area is 181 Å². The van der Waals surface area contributed by atoms with Crippen molar-refractivity contribution >= 4 is 38.9 Å². The van der Waals surface area contributed by atoms with Gasteiger partial charge in [-0.25, -0.2) is 8.42 Å². The molecule has 1 N–H and O–H groups in total. The number of benzene rings is 3. The summed E-state index contributed by atoms with van der Waals surface area (Å²) in [6, 6.07) is 21.5. The molecule has 0 bridgehead atoms. The minimum absolute atomic E-state index is 0.347. The Morgan fingerprint density at radius 2 is 1.50 bits per heavy atom. The second-order valence-electron chi connectivity index (χ2n) is 6.61. The largest absolute Gasteiger partial charge is 0.457 e. The fourth-order valence-corrected chi connectivity index (χ4v) is 4.25. The number of nitrogens with one attached hydrogen (secondary N) is 1. The molecule has 6 nitrogen and oxygen atoms in total. The number of rotatable bonds is 7. The molecule has 0 saturated carbocycles. The monoisotopic (exact) mass is 444 g/mol. The van der Waals surface area contributed by atoms with Crippen molar-refractivity contribution in [1.82, 2.24) is 0 Å². The Balaban J connectivity index is 1.82. The molecule has 1 amide bonds. The highest BCUT2D eigenvalue weighted by Gasteiger charge is 2.29. The Morgan fingerprint density at radius 3 is 2.10 bits per heavy atom. The minimum atomic E-state index is -3.74. The maximum atomic E-state index is 12.7. The first-order valence-corrected chi connectivity index (χ1v) is 11.4. The molecule has 1 atom stereocenters. The number of carbonyl (C=O) groups is 1. The molecule has 156 valence electrons. The van der Waals surface area contributed by atoms with Crippen molar-refractivity contribution in [2.24, 2.45) is 0 Å². The zero-order chi connectivity index (χ0) is 21.7. The number of anilines is 2. The summed E-state index contributed by atoms with van der Waals surface area (Å²) in [5.41, 5.74) is 0.760. The SMILES string of the molecule is C[C@H](C(=O)Nc1ccccc1Cl)N(c1ccc(Oc2ccccc2)cc1)S(C)(=O)=O. The molecule has 3 aromatic carbocycles. The summed E-state index contributed by atoms with van der Waals surface area (Å²) >= 11 is 6.08. The molecule has 0 saturated heterocycles. The quantitative estimate of drug-likeness (QED) is 0.560. The third-order valence-electron chi connectivity index (χ3n) is 4.29. The highest BCUT2D eigenvalue weighted by atomic mass is 35.5. The van der Waals surface area contributed by atoms with Gasteiger partial charge in [-0.05, 0) is 55.5 Å². The first kappa shape index (κ1) is 21.7. The van der Waals surface area contributed by atoms with Crippen molar-refractivity contribution < 1.29 is 17.9 Å². The van der Waals surface area contributed by atoms with Crippen molar-refractivity contribution in [2.75, 3.05) is 15.9 Å². The van der Waals surface area contributed by atoms with Gasteiger partial charge in [0.25, 0.3) is 0 Å². The van der Waals surface area contributed by atoms with E-state index in [1.54, 1.807) is 48.5 Å². The minimum Gasteiger partial charge on any atom is -0.457 e. The molecule has 0 spiro atoms. The van der Waals surface area contributed by atoms with Gasteiger partial charge in [-0.15, -0.1) is 0 Å². The molecular formula is C22H21ClN2O4S. The van der Waals surface area contributed by atoms with Crippen LogP contribution in [0.15, 0.2) is 78.9 Å². The van der Waals surface area contributed by atoms with Crippen molar-refractivity contribution in [3.05, 3.63) is 83.9 Å². The summed E-state index contributed by atoms with van der Waals surface area (Å²) in [5.74, 6) is 0.711. The predicted octanol–water partition coefficient (Wildman–Crippen LogP) is 4.93.